The van der Waals surface area contributed by atoms with Crippen LogP contribution in [0.4, 0.5) is 0 Å². The lowest BCUT2D eigenvalue weighted by Gasteiger charge is -2.14. The molecule has 1 aliphatic heterocycles. The average molecular weight is 182 g/mol. The minimum absolute atomic E-state index is 0.898. The molecular weight excluding hydrogens is 172 g/mol. The molecule has 3 rings (SSSR count). The normalized spacial score (nSPS) is 13.7. The molecule has 1 N–H and O–H groups in total. The number of benzene rings is 1. The van der Waals surface area contributed by atoms with E-state index in [4.69, 9.17) is 0 Å². The van der Waals surface area contributed by atoms with Crippen LogP contribution in [0.15, 0.2) is 36.8 Å². The second-order valence-electron chi connectivity index (χ2n) is 3.44. The summed E-state index contributed by atoms with van der Waals surface area (Å²) in [7, 11) is 0. The molecule has 0 saturated heterocycles. The van der Waals surface area contributed by atoms with Gasteiger partial charge in [0.15, 0.2) is 0 Å². The zero-order valence-electron chi connectivity index (χ0n) is 7.70. The first kappa shape index (κ1) is 7.56. The maximum atomic E-state index is 4.17. The lowest BCUT2D eigenvalue weighted by atomic mass is 9.99. The Morgan fingerprint density at radius 1 is 1.21 bits per heavy atom. The molecule has 68 valence electrons. The quantitative estimate of drug-likeness (QED) is 0.676. The van der Waals surface area contributed by atoms with Crippen molar-refractivity contribution < 1.29 is 0 Å². The molecule has 1 aliphatic rings. The standard InChI is InChI=1S/C12H10N2/c1-2-10-4-6-14-8-12(10)11-7-13-5-3-9(1)11/h1-7,14H,8H2. The number of pyridine rings is 1. The van der Waals surface area contributed by atoms with Crippen LogP contribution in [0, 0.1) is 0 Å². The largest absolute Gasteiger partial charge is 0.387 e. The summed E-state index contributed by atoms with van der Waals surface area (Å²) in [5.41, 5.74) is 2.64. The number of fused-ring (bicyclic) bond motifs is 3. The predicted molar refractivity (Wildman–Crippen MR) is 57.6 cm³/mol. The zero-order valence-corrected chi connectivity index (χ0v) is 7.70. The van der Waals surface area contributed by atoms with E-state index >= 15 is 0 Å². The molecule has 14 heavy (non-hydrogen) atoms. The highest BCUT2D eigenvalue weighted by atomic mass is 14.8. The molecule has 0 fully saturated rings. The Morgan fingerprint density at radius 2 is 2.21 bits per heavy atom. The van der Waals surface area contributed by atoms with Gasteiger partial charge in [-0.3, -0.25) is 4.98 Å². The van der Waals surface area contributed by atoms with Gasteiger partial charge in [-0.2, -0.15) is 0 Å². The first-order valence-corrected chi connectivity index (χ1v) is 4.71. The summed E-state index contributed by atoms with van der Waals surface area (Å²) in [6, 6.07) is 6.36. The highest BCUT2D eigenvalue weighted by Crippen LogP contribution is 2.24. The van der Waals surface area contributed by atoms with E-state index in [0.29, 0.717) is 0 Å². The van der Waals surface area contributed by atoms with Gasteiger partial charge in [-0.1, -0.05) is 12.1 Å². The van der Waals surface area contributed by atoms with Crippen LogP contribution < -0.4 is 5.32 Å². The Morgan fingerprint density at radius 3 is 3.21 bits per heavy atom. The van der Waals surface area contributed by atoms with Crippen molar-refractivity contribution in [1.29, 1.82) is 0 Å². The summed E-state index contributed by atoms with van der Waals surface area (Å²) in [5, 5.41) is 5.74. The fourth-order valence-corrected chi connectivity index (χ4v) is 1.90. The second-order valence-corrected chi connectivity index (χ2v) is 3.44. The number of hydrogen-bond donors (Lipinski definition) is 1. The van der Waals surface area contributed by atoms with Crippen LogP contribution in [-0.2, 0) is 6.54 Å². The first-order valence-electron chi connectivity index (χ1n) is 4.71. The van der Waals surface area contributed by atoms with Crippen LogP contribution in [-0.4, -0.2) is 4.98 Å². The second kappa shape index (κ2) is 2.84. The molecule has 0 atom stereocenters. The Kier molecular flexibility index (Phi) is 1.53. The summed E-state index contributed by atoms with van der Waals surface area (Å²) < 4.78 is 0. The van der Waals surface area contributed by atoms with Crippen LogP contribution in [0.25, 0.3) is 16.8 Å². The predicted octanol–water partition coefficient (Wildman–Crippen LogP) is 2.31. The van der Waals surface area contributed by atoms with Gasteiger partial charge in [0.25, 0.3) is 0 Å². The van der Waals surface area contributed by atoms with Gasteiger partial charge in [0.05, 0.1) is 0 Å². The Bertz CT molecular complexity index is 515. The number of nitrogens with one attached hydrogen (secondary N) is 1. The van der Waals surface area contributed by atoms with Gasteiger partial charge in [-0.25, -0.2) is 0 Å². The van der Waals surface area contributed by atoms with Gasteiger partial charge < -0.3 is 5.32 Å². The van der Waals surface area contributed by atoms with Gasteiger partial charge in [-0.15, -0.1) is 0 Å². The van der Waals surface area contributed by atoms with Crippen LogP contribution >= 0.6 is 0 Å². The third-order valence-electron chi connectivity index (χ3n) is 2.63. The van der Waals surface area contributed by atoms with Crippen LogP contribution in [0.3, 0.4) is 0 Å². The minimum Gasteiger partial charge on any atom is -0.387 e. The van der Waals surface area contributed by atoms with Gasteiger partial charge in [0.2, 0.25) is 0 Å². The van der Waals surface area contributed by atoms with E-state index in [1.807, 2.05) is 24.7 Å². The lowest BCUT2D eigenvalue weighted by Crippen LogP contribution is -2.10. The molecule has 0 aliphatic carbocycles. The smallest absolute Gasteiger partial charge is 0.0408 e. The maximum Gasteiger partial charge on any atom is 0.0408 e. The highest BCUT2D eigenvalue weighted by Gasteiger charge is 2.07. The number of nitrogens with zero attached hydrogens (tertiary/aromatic N) is 1. The third-order valence-corrected chi connectivity index (χ3v) is 2.63. The summed E-state index contributed by atoms with van der Waals surface area (Å²) in [6.45, 7) is 0.898. The number of hydrogen-bond acceptors (Lipinski definition) is 2. The SMILES string of the molecule is C1=Cc2ccc3ccncc3c2CN1. The first-order chi connectivity index (χ1) is 6.95. The fraction of sp³-hybridized carbons (Fsp3) is 0.0833. The monoisotopic (exact) mass is 182 g/mol. The van der Waals surface area contributed by atoms with Crippen molar-refractivity contribution >= 4 is 16.8 Å². The molecule has 0 bridgehead atoms. The van der Waals surface area contributed by atoms with E-state index < -0.39 is 0 Å². The van der Waals surface area contributed by atoms with Crippen molar-refractivity contribution in [1.82, 2.24) is 10.3 Å². The van der Waals surface area contributed by atoms with E-state index in [1.165, 1.54) is 21.9 Å². The summed E-state index contributed by atoms with van der Waals surface area (Å²) in [5.74, 6) is 0. The van der Waals surface area contributed by atoms with E-state index in [2.05, 4.69) is 28.5 Å². The fourth-order valence-electron chi connectivity index (χ4n) is 1.90. The molecule has 1 aromatic heterocycles. The number of rotatable bonds is 0. The topological polar surface area (TPSA) is 24.9 Å². The maximum absolute atomic E-state index is 4.17. The Labute approximate surface area is 82.3 Å². The van der Waals surface area contributed by atoms with Crippen LogP contribution in [0.2, 0.25) is 0 Å². The van der Waals surface area contributed by atoms with E-state index in [9.17, 15) is 0 Å². The zero-order chi connectivity index (χ0) is 9.38. The molecule has 2 heteroatoms. The third kappa shape index (κ3) is 1.01. The van der Waals surface area contributed by atoms with Crippen LogP contribution in [0.5, 0.6) is 0 Å². The van der Waals surface area contributed by atoms with Gasteiger partial charge in [0.1, 0.15) is 0 Å². The molecule has 0 spiro atoms. The van der Waals surface area contributed by atoms with Gasteiger partial charge >= 0.3 is 0 Å². The number of aromatic nitrogens is 1. The Hall–Kier alpha value is -1.83. The molecule has 0 amide bonds. The molecule has 2 aromatic rings. The highest BCUT2D eigenvalue weighted by molar-refractivity contribution is 5.88. The van der Waals surface area contributed by atoms with Gasteiger partial charge in [0, 0.05) is 24.3 Å². The molecule has 0 unspecified atom stereocenters. The van der Waals surface area contributed by atoms with Crippen molar-refractivity contribution in [3.63, 3.8) is 0 Å². The van der Waals surface area contributed by atoms with Crippen molar-refractivity contribution in [2.75, 3.05) is 0 Å². The van der Waals surface area contributed by atoms with Crippen molar-refractivity contribution in [2.24, 2.45) is 0 Å². The van der Waals surface area contributed by atoms with E-state index in [0.717, 1.165) is 6.54 Å². The van der Waals surface area contributed by atoms with Gasteiger partial charge in [-0.05, 0) is 34.9 Å². The summed E-state index contributed by atoms with van der Waals surface area (Å²) in [6.07, 6.45) is 7.87. The van der Waals surface area contributed by atoms with E-state index in [-0.39, 0.29) is 0 Å². The average Bonchev–Trinajstić information content (AvgIpc) is 2.29. The molecule has 2 nitrogen and oxygen atoms in total. The van der Waals surface area contributed by atoms with Crippen LogP contribution in [0.1, 0.15) is 11.1 Å². The molecular formula is C12H10N2. The van der Waals surface area contributed by atoms with Crippen molar-refractivity contribution in [3.05, 3.63) is 47.9 Å². The molecule has 1 aromatic carbocycles. The Balaban J connectivity index is 2.41. The summed E-state index contributed by atoms with van der Waals surface area (Å²) in [4.78, 5) is 4.17. The van der Waals surface area contributed by atoms with Crippen molar-refractivity contribution in [3.8, 4) is 0 Å². The molecule has 0 radical (unpaired) electrons. The molecule has 0 saturated carbocycles. The summed E-state index contributed by atoms with van der Waals surface area (Å²) >= 11 is 0. The van der Waals surface area contributed by atoms with Crippen molar-refractivity contribution in [2.45, 2.75) is 6.54 Å². The van der Waals surface area contributed by atoms with E-state index in [1.54, 1.807) is 0 Å². The molecule has 2 heterocycles. The lowest BCUT2D eigenvalue weighted by molar-refractivity contribution is 0.866. The minimum atomic E-state index is 0.898.